The number of hydrogen-bond acceptors (Lipinski definition) is 3. The van der Waals surface area contributed by atoms with E-state index in [4.69, 9.17) is 0 Å². The number of halogens is 3. The first kappa shape index (κ1) is 11.3. The van der Waals surface area contributed by atoms with Crippen molar-refractivity contribution >= 4 is 11.8 Å². The summed E-state index contributed by atoms with van der Waals surface area (Å²) in [6.07, 6.45) is -3.51. The van der Waals surface area contributed by atoms with Crippen LogP contribution in [0.3, 0.4) is 0 Å². The largest absolute Gasteiger partial charge is 0.497 e. The molecule has 0 saturated heterocycles. The molecule has 0 spiro atoms. The van der Waals surface area contributed by atoms with E-state index < -0.39 is 17.4 Å². The van der Waals surface area contributed by atoms with Crippen molar-refractivity contribution in [2.45, 2.75) is 6.18 Å². The summed E-state index contributed by atoms with van der Waals surface area (Å²) in [6, 6.07) is 3.11. The first-order chi connectivity index (χ1) is 6.99. The van der Waals surface area contributed by atoms with Crippen LogP contribution in [0.1, 0.15) is 5.56 Å². The highest BCUT2D eigenvalue weighted by atomic mass is 19.4. The van der Waals surface area contributed by atoms with E-state index in [1.807, 2.05) is 0 Å². The molecular weight excluding hydrogens is 211 g/mol. The van der Waals surface area contributed by atoms with Crippen molar-refractivity contribution in [2.75, 3.05) is 7.11 Å². The highest BCUT2D eigenvalue weighted by Gasteiger charge is 2.34. The van der Waals surface area contributed by atoms with Crippen LogP contribution >= 0.6 is 0 Å². The van der Waals surface area contributed by atoms with Crippen LogP contribution in [0.5, 0.6) is 5.75 Å². The Kier molecular flexibility index (Phi) is 3.11. The summed E-state index contributed by atoms with van der Waals surface area (Å²) in [4.78, 5) is 12.9. The average Bonchev–Trinajstić information content (AvgIpc) is 2.17. The van der Waals surface area contributed by atoms with Crippen LogP contribution < -0.4 is 4.74 Å². The molecule has 0 aliphatic carbocycles. The summed E-state index contributed by atoms with van der Waals surface area (Å²) in [5.41, 5.74) is -1.50. The number of benzene rings is 1. The monoisotopic (exact) mass is 217 g/mol. The molecule has 0 amide bonds. The summed E-state index contributed by atoms with van der Waals surface area (Å²) in [5, 5.41) is 0. The molecule has 0 radical (unpaired) electrons. The molecule has 0 aromatic heterocycles. The second-order valence-corrected chi connectivity index (χ2v) is 2.58. The fraction of sp³-hybridized carbons (Fsp3) is 0.222. The van der Waals surface area contributed by atoms with Gasteiger partial charge in [-0.25, -0.2) is 4.79 Å². The molecule has 0 aliphatic heterocycles. The number of hydrogen-bond donors (Lipinski definition) is 0. The van der Waals surface area contributed by atoms with Crippen LogP contribution in [0.25, 0.3) is 0 Å². The summed E-state index contributed by atoms with van der Waals surface area (Å²) in [5.74, 6) is 0.0483. The molecule has 1 aromatic rings. The van der Waals surface area contributed by atoms with Crippen LogP contribution in [0.4, 0.5) is 18.9 Å². The van der Waals surface area contributed by atoms with Gasteiger partial charge in [0.25, 0.3) is 0 Å². The van der Waals surface area contributed by atoms with E-state index in [0.29, 0.717) is 0 Å². The zero-order valence-electron chi connectivity index (χ0n) is 7.63. The summed E-state index contributed by atoms with van der Waals surface area (Å²) < 4.78 is 42.0. The van der Waals surface area contributed by atoms with Gasteiger partial charge in [-0.1, -0.05) is 0 Å². The molecule has 0 N–H and O–H groups in total. The predicted octanol–water partition coefficient (Wildman–Crippen LogP) is 2.68. The molecule has 0 unspecified atom stereocenters. The minimum atomic E-state index is -4.58. The first-order valence-corrected chi connectivity index (χ1v) is 3.82. The van der Waals surface area contributed by atoms with Gasteiger partial charge in [0.1, 0.15) is 5.75 Å². The number of carbonyl (C=O) groups excluding carboxylic acids is 1. The summed E-state index contributed by atoms with van der Waals surface area (Å²) in [6.45, 7) is 0. The molecule has 0 atom stereocenters. The summed E-state index contributed by atoms with van der Waals surface area (Å²) >= 11 is 0. The van der Waals surface area contributed by atoms with Crippen molar-refractivity contribution in [1.29, 1.82) is 0 Å². The SMILES string of the molecule is COc1ccc(N=C=O)c(C(F)(F)F)c1. The third-order valence-corrected chi connectivity index (χ3v) is 1.68. The normalized spacial score (nSPS) is 10.7. The fourth-order valence-electron chi connectivity index (χ4n) is 1.02. The Morgan fingerprint density at radius 3 is 2.53 bits per heavy atom. The van der Waals surface area contributed by atoms with Gasteiger partial charge in [0, 0.05) is 0 Å². The van der Waals surface area contributed by atoms with Gasteiger partial charge >= 0.3 is 6.18 Å². The standard InChI is InChI=1S/C9H6F3NO2/c1-15-6-2-3-8(13-5-14)7(4-6)9(10,11)12/h2-4H,1H3. The average molecular weight is 217 g/mol. The lowest BCUT2D eigenvalue weighted by Crippen LogP contribution is -2.05. The lowest BCUT2D eigenvalue weighted by Gasteiger charge is -2.10. The van der Waals surface area contributed by atoms with Crippen LogP contribution in [-0.2, 0) is 11.0 Å². The third-order valence-electron chi connectivity index (χ3n) is 1.68. The molecule has 0 aliphatic rings. The highest BCUT2D eigenvalue weighted by Crippen LogP contribution is 2.38. The van der Waals surface area contributed by atoms with Crippen LogP contribution in [0.15, 0.2) is 23.2 Å². The van der Waals surface area contributed by atoms with E-state index in [1.54, 1.807) is 0 Å². The Morgan fingerprint density at radius 2 is 2.07 bits per heavy atom. The van der Waals surface area contributed by atoms with Crippen molar-refractivity contribution in [1.82, 2.24) is 0 Å². The van der Waals surface area contributed by atoms with Gasteiger partial charge < -0.3 is 4.74 Å². The van der Waals surface area contributed by atoms with E-state index in [0.717, 1.165) is 18.2 Å². The quantitative estimate of drug-likeness (QED) is 0.564. The van der Waals surface area contributed by atoms with Crippen molar-refractivity contribution in [3.63, 3.8) is 0 Å². The second kappa shape index (κ2) is 4.14. The van der Waals surface area contributed by atoms with E-state index in [1.165, 1.54) is 13.2 Å². The smallest absolute Gasteiger partial charge is 0.418 e. The molecule has 0 bridgehead atoms. The molecule has 80 valence electrons. The number of alkyl halides is 3. The van der Waals surface area contributed by atoms with Gasteiger partial charge in [-0.2, -0.15) is 18.2 Å². The van der Waals surface area contributed by atoms with Crippen molar-refractivity contribution in [2.24, 2.45) is 4.99 Å². The van der Waals surface area contributed by atoms with Gasteiger partial charge in [0.05, 0.1) is 18.4 Å². The minimum absolute atomic E-state index is 0.0483. The second-order valence-electron chi connectivity index (χ2n) is 2.58. The number of methoxy groups -OCH3 is 1. The topological polar surface area (TPSA) is 38.7 Å². The van der Waals surface area contributed by atoms with Crippen LogP contribution in [0, 0.1) is 0 Å². The van der Waals surface area contributed by atoms with Crippen molar-refractivity contribution in [3.05, 3.63) is 23.8 Å². The maximum absolute atomic E-state index is 12.4. The molecule has 0 heterocycles. The third kappa shape index (κ3) is 2.57. The number of aliphatic imine (C=N–C) groups is 1. The Hall–Kier alpha value is -1.81. The Morgan fingerprint density at radius 1 is 1.40 bits per heavy atom. The van der Waals surface area contributed by atoms with Crippen molar-refractivity contribution in [3.8, 4) is 5.75 Å². The highest BCUT2D eigenvalue weighted by molar-refractivity contribution is 5.56. The van der Waals surface area contributed by atoms with Crippen LogP contribution in [0.2, 0.25) is 0 Å². The number of nitrogens with zero attached hydrogens (tertiary/aromatic N) is 1. The number of ether oxygens (including phenoxy) is 1. The van der Waals surface area contributed by atoms with Gasteiger partial charge in [0.2, 0.25) is 6.08 Å². The van der Waals surface area contributed by atoms with Gasteiger partial charge in [-0.15, -0.1) is 0 Å². The molecular formula is C9H6F3NO2. The zero-order chi connectivity index (χ0) is 11.5. The maximum Gasteiger partial charge on any atom is 0.418 e. The van der Waals surface area contributed by atoms with E-state index >= 15 is 0 Å². The molecule has 6 heteroatoms. The lowest BCUT2D eigenvalue weighted by atomic mass is 10.1. The first-order valence-electron chi connectivity index (χ1n) is 3.82. The Balaban J connectivity index is 3.35. The fourth-order valence-corrected chi connectivity index (χ4v) is 1.02. The molecule has 0 fully saturated rings. The van der Waals surface area contributed by atoms with E-state index in [-0.39, 0.29) is 5.75 Å². The number of isocyanates is 1. The zero-order valence-corrected chi connectivity index (χ0v) is 7.63. The molecule has 15 heavy (non-hydrogen) atoms. The Bertz CT molecular complexity index is 408. The van der Waals surface area contributed by atoms with Crippen LogP contribution in [-0.4, -0.2) is 13.2 Å². The molecule has 1 rings (SSSR count). The minimum Gasteiger partial charge on any atom is -0.497 e. The molecule has 3 nitrogen and oxygen atoms in total. The summed E-state index contributed by atoms with van der Waals surface area (Å²) in [7, 11) is 1.25. The molecule has 0 saturated carbocycles. The molecule has 1 aromatic carbocycles. The van der Waals surface area contributed by atoms with E-state index in [9.17, 15) is 18.0 Å². The van der Waals surface area contributed by atoms with Crippen molar-refractivity contribution < 1.29 is 22.7 Å². The van der Waals surface area contributed by atoms with E-state index in [2.05, 4.69) is 9.73 Å². The predicted molar refractivity (Wildman–Crippen MR) is 45.8 cm³/mol. The van der Waals surface area contributed by atoms with Gasteiger partial charge in [-0.3, -0.25) is 0 Å². The lowest BCUT2D eigenvalue weighted by molar-refractivity contribution is -0.137. The Labute approximate surface area is 83.2 Å². The van der Waals surface area contributed by atoms with Gasteiger partial charge in [0.15, 0.2) is 0 Å². The maximum atomic E-state index is 12.4. The van der Waals surface area contributed by atoms with Gasteiger partial charge in [-0.05, 0) is 18.2 Å². The number of rotatable bonds is 2.